The molecule has 0 fully saturated rings. The van der Waals surface area contributed by atoms with Crippen LogP contribution in [0, 0.1) is 5.82 Å². The van der Waals surface area contributed by atoms with E-state index in [2.05, 4.69) is 20.5 Å². The highest BCUT2D eigenvalue weighted by atomic mass is 32.1. The normalized spacial score (nSPS) is 10.5. The van der Waals surface area contributed by atoms with Crippen LogP contribution in [0.3, 0.4) is 0 Å². The van der Waals surface area contributed by atoms with Crippen LogP contribution >= 0.6 is 11.3 Å². The topological polar surface area (TPSA) is 71.0 Å². The third-order valence-corrected chi connectivity index (χ3v) is 4.32. The van der Waals surface area contributed by atoms with E-state index in [9.17, 15) is 9.18 Å². The zero-order chi connectivity index (χ0) is 17.6. The summed E-state index contributed by atoms with van der Waals surface area (Å²) >= 11 is 1.25. The van der Waals surface area contributed by atoms with Gasteiger partial charge in [0.15, 0.2) is 5.01 Å². The molecule has 0 spiro atoms. The van der Waals surface area contributed by atoms with Gasteiger partial charge in [0.25, 0.3) is 0 Å². The second kappa shape index (κ2) is 7.80. The third-order valence-electron chi connectivity index (χ3n) is 3.45. The summed E-state index contributed by atoms with van der Waals surface area (Å²) in [6.07, 6.45) is 1.67. The number of carbonyl (C=O) groups is 1. The Morgan fingerprint density at radius 1 is 1.24 bits per heavy atom. The van der Waals surface area contributed by atoms with E-state index in [4.69, 9.17) is 0 Å². The molecule has 0 aliphatic carbocycles. The molecule has 2 aromatic heterocycles. The van der Waals surface area contributed by atoms with Crippen molar-refractivity contribution >= 4 is 22.5 Å². The summed E-state index contributed by atoms with van der Waals surface area (Å²) in [5, 5.41) is 11.8. The lowest BCUT2D eigenvalue weighted by atomic mass is 10.2. The minimum atomic E-state index is -0.321. The average Bonchev–Trinajstić information content (AvgIpc) is 3.09. The molecule has 2 amide bonds. The molecule has 2 heterocycles. The molecule has 8 heteroatoms. The minimum absolute atomic E-state index is 0.310. The number of nitrogens with zero attached hydrogens (tertiary/aromatic N) is 4. The van der Waals surface area contributed by atoms with Crippen molar-refractivity contribution in [2.24, 2.45) is 0 Å². The number of hydrogen-bond donors (Lipinski definition) is 1. The molecule has 0 saturated carbocycles. The molecule has 0 bridgehead atoms. The number of pyridine rings is 1. The smallest absolute Gasteiger partial charge is 0.320 e. The summed E-state index contributed by atoms with van der Waals surface area (Å²) in [5.74, 6) is -0.321. The quantitative estimate of drug-likeness (QED) is 0.754. The van der Waals surface area contributed by atoms with Gasteiger partial charge in [-0.15, -0.1) is 10.2 Å². The van der Waals surface area contributed by atoms with Crippen molar-refractivity contribution in [2.75, 3.05) is 11.9 Å². The summed E-state index contributed by atoms with van der Waals surface area (Å²) in [6.45, 7) is 2.65. The van der Waals surface area contributed by atoms with Gasteiger partial charge < -0.3 is 4.90 Å². The van der Waals surface area contributed by atoms with Crippen molar-refractivity contribution in [1.82, 2.24) is 20.1 Å². The summed E-state index contributed by atoms with van der Waals surface area (Å²) in [4.78, 5) is 18.2. The minimum Gasteiger partial charge on any atom is -0.320 e. The van der Waals surface area contributed by atoms with Gasteiger partial charge in [0.2, 0.25) is 5.13 Å². The van der Waals surface area contributed by atoms with Crippen LogP contribution in [0.5, 0.6) is 0 Å². The van der Waals surface area contributed by atoms with E-state index in [1.54, 1.807) is 23.2 Å². The number of rotatable bonds is 5. The SMILES string of the molecule is CCN(Cc1cccc(F)c1)C(=O)Nc1nnc(-c2ccccn2)s1. The maximum atomic E-state index is 13.3. The van der Waals surface area contributed by atoms with Crippen LogP contribution in [-0.2, 0) is 6.54 Å². The molecule has 6 nitrogen and oxygen atoms in total. The first-order chi connectivity index (χ1) is 12.2. The summed E-state index contributed by atoms with van der Waals surface area (Å²) in [6, 6.07) is 11.4. The number of carbonyl (C=O) groups excluding carboxylic acids is 1. The molecule has 0 aliphatic heterocycles. The number of urea groups is 1. The largest absolute Gasteiger partial charge is 0.323 e. The molecular formula is C17H16FN5OS. The molecule has 0 radical (unpaired) electrons. The van der Waals surface area contributed by atoms with Crippen LogP contribution in [0.1, 0.15) is 12.5 Å². The van der Waals surface area contributed by atoms with Gasteiger partial charge in [-0.2, -0.15) is 0 Å². The molecule has 25 heavy (non-hydrogen) atoms. The van der Waals surface area contributed by atoms with Gasteiger partial charge in [0, 0.05) is 19.3 Å². The predicted octanol–water partition coefficient (Wildman–Crippen LogP) is 3.79. The van der Waals surface area contributed by atoms with E-state index in [0.29, 0.717) is 28.9 Å². The lowest BCUT2D eigenvalue weighted by molar-refractivity contribution is 0.212. The maximum absolute atomic E-state index is 13.3. The first kappa shape index (κ1) is 17.0. The number of aromatic nitrogens is 3. The highest BCUT2D eigenvalue weighted by molar-refractivity contribution is 7.18. The van der Waals surface area contributed by atoms with Gasteiger partial charge in [-0.25, -0.2) is 9.18 Å². The molecule has 1 N–H and O–H groups in total. The molecule has 0 unspecified atom stereocenters. The first-order valence-corrected chi connectivity index (χ1v) is 8.52. The number of benzene rings is 1. The van der Waals surface area contributed by atoms with Crippen molar-refractivity contribution in [3.05, 3.63) is 60.0 Å². The van der Waals surface area contributed by atoms with Crippen LogP contribution < -0.4 is 5.32 Å². The Morgan fingerprint density at radius 3 is 2.84 bits per heavy atom. The molecule has 1 aromatic carbocycles. The Morgan fingerprint density at radius 2 is 2.12 bits per heavy atom. The van der Waals surface area contributed by atoms with Crippen molar-refractivity contribution < 1.29 is 9.18 Å². The predicted molar refractivity (Wildman–Crippen MR) is 94.6 cm³/mol. The highest BCUT2D eigenvalue weighted by Crippen LogP contribution is 2.24. The molecule has 3 aromatic rings. The van der Waals surface area contributed by atoms with E-state index < -0.39 is 0 Å². The van der Waals surface area contributed by atoms with Crippen molar-refractivity contribution in [1.29, 1.82) is 0 Å². The number of nitrogens with one attached hydrogen (secondary N) is 1. The Bertz CT molecular complexity index is 855. The van der Waals surface area contributed by atoms with E-state index >= 15 is 0 Å². The van der Waals surface area contributed by atoms with E-state index in [1.165, 1.54) is 23.5 Å². The summed E-state index contributed by atoms with van der Waals surface area (Å²) in [7, 11) is 0. The molecule has 0 aliphatic rings. The number of amides is 2. The number of anilines is 1. The summed E-state index contributed by atoms with van der Waals surface area (Å²) in [5.41, 5.74) is 1.43. The Labute approximate surface area is 148 Å². The van der Waals surface area contributed by atoms with Gasteiger partial charge >= 0.3 is 6.03 Å². The fraction of sp³-hybridized carbons (Fsp3) is 0.176. The molecular weight excluding hydrogens is 341 g/mol. The molecule has 3 rings (SSSR count). The zero-order valence-electron chi connectivity index (χ0n) is 13.5. The second-order valence-corrected chi connectivity index (χ2v) is 6.18. The van der Waals surface area contributed by atoms with Crippen LogP contribution in [0.15, 0.2) is 48.7 Å². The molecule has 0 saturated heterocycles. The van der Waals surface area contributed by atoms with Gasteiger partial charge in [0.1, 0.15) is 11.5 Å². The summed E-state index contributed by atoms with van der Waals surface area (Å²) < 4.78 is 13.3. The fourth-order valence-corrected chi connectivity index (χ4v) is 2.93. The number of hydrogen-bond acceptors (Lipinski definition) is 5. The Balaban J connectivity index is 1.67. The Kier molecular flexibility index (Phi) is 5.30. The van der Waals surface area contributed by atoms with Crippen molar-refractivity contribution in [3.8, 4) is 10.7 Å². The average molecular weight is 357 g/mol. The van der Waals surface area contributed by atoms with Crippen LogP contribution in [0.4, 0.5) is 14.3 Å². The zero-order valence-corrected chi connectivity index (χ0v) is 14.3. The highest BCUT2D eigenvalue weighted by Gasteiger charge is 2.15. The van der Waals surface area contributed by atoms with Gasteiger partial charge in [-0.1, -0.05) is 29.5 Å². The first-order valence-electron chi connectivity index (χ1n) is 7.71. The number of halogens is 1. The Hall–Kier alpha value is -2.87. The van der Waals surface area contributed by atoms with Crippen LogP contribution in [0.25, 0.3) is 10.7 Å². The fourth-order valence-electron chi connectivity index (χ4n) is 2.22. The maximum Gasteiger partial charge on any atom is 0.323 e. The third kappa shape index (κ3) is 4.36. The monoisotopic (exact) mass is 357 g/mol. The van der Waals surface area contributed by atoms with Gasteiger partial charge in [-0.05, 0) is 36.8 Å². The van der Waals surface area contributed by atoms with Crippen molar-refractivity contribution in [2.45, 2.75) is 13.5 Å². The van der Waals surface area contributed by atoms with Gasteiger partial charge in [-0.3, -0.25) is 10.3 Å². The lowest BCUT2D eigenvalue weighted by Gasteiger charge is -2.20. The van der Waals surface area contributed by atoms with E-state index in [-0.39, 0.29) is 11.8 Å². The standard InChI is InChI=1S/C17H16FN5OS/c1-2-23(11-12-6-5-7-13(18)10-12)17(24)20-16-22-21-15(25-16)14-8-3-4-9-19-14/h3-10H,2,11H2,1H3,(H,20,22,24). The molecule has 128 valence electrons. The second-order valence-electron chi connectivity index (χ2n) is 5.20. The van der Waals surface area contributed by atoms with E-state index in [1.807, 2.05) is 25.1 Å². The van der Waals surface area contributed by atoms with E-state index in [0.717, 1.165) is 5.56 Å². The van der Waals surface area contributed by atoms with Crippen molar-refractivity contribution in [3.63, 3.8) is 0 Å². The van der Waals surface area contributed by atoms with Gasteiger partial charge in [0.05, 0.1) is 0 Å². The molecule has 0 atom stereocenters. The lowest BCUT2D eigenvalue weighted by Crippen LogP contribution is -2.34. The van der Waals surface area contributed by atoms with Crippen LogP contribution in [0.2, 0.25) is 0 Å². The van der Waals surface area contributed by atoms with Crippen LogP contribution in [-0.4, -0.2) is 32.7 Å².